The van der Waals surface area contributed by atoms with Crippen molar-refractivity contribution in [3.05, 3.63) is 56.4 Å². The Balaban J connectivity index is 2.31. The Kier molecular flexibility index (Phi) is 8.16. The van der Waals surface area contributed by atoms with Crippen LogP contribution in [-0.2, 0) is 9.53 Å². The maximum atomic E-state index is 12.8. The molecule has 2 amide bonds. The molecule has 6 nitrogen and oxygen atoms in total. The van der Waals surface area contributed by atoms with Crippen LogP contribution in [0.5, 0.6) is 0 Å². The molecule has 1 aromatic carbocycles. The fourth-order valence-electron chi connectivity index (χ4n) is 2.71. The number of hydrogen-bond acceptors (Lipinski definition) is 5. The zero-order valence-corrected chi connectivity index (χ0v) is 19.1. The number of hydrogen-bond donors (Lipinski definition) is 1. The number of ether oxygens (including phenoxy) is 1. The van der Waals surface area contributed by atoms with Crippen LogP contribution in [0, 0.1) is 6.92 Å². The maximum Gasteiger partial charge on any atom is 0.341 e. The molecule has 0 aliphatic rings. The third kappa shape index (κ3) is 5.55. The summed E-state index contributed by atoms with van der Waals surface area (Å²) in [5.74, 6) is -1.17. The lowest BCUT2D eigenvalue weighted by Gasteiger charge is -2.17. The largest absolute Gasteiger partial charge is 0.465 e. The van der Waals surface area contributed by atoms with E-state index in [0.717, 1.165) is 21.4 Å². The van der Waals surface area contributed by atoms with E-state index in [4.69, 9.17) is 4.74 Å². The number of carbonyl (C=O) groups excluding carboxylic acids is 3. The second-order valence-corrected chi connectivity index (χ2v) is 8.04. The quantitative estimate of drug-likeness (QED) is 0.460. The van der Waals surface area contributed by atoms with Gasteiger partial charge in [-0.1, -0.05) is 28.1 Å². The molecule has 1 N–H and O–H groups in total. The fraction of sp³-hybridized carbons (Fsp3) is 0.286. The van der Waals surface area contributed by atoms with Gasteiger partial charge in [0.1, 0.15) is 5.00 Å². The molecule has 0 fully saturated rings. The third-order valence-electron chi connectivity index (χ3n) is 4.32. The minimum atomic E-state index is -0.593. The van der Waals surface area contributed by atoms with Crippen molar-refractivity contribution < 1.29 is 19.1 Å². The van der Waals surface area contributed by atoms with Gasteiger partial charge in [0, 0.05) is 23.6 Å². The smallest absolute Gasteiger partial charge is 0.341 e. The average molecular weight is 479 g/mol. The monoisotopic (exact) mass is 478 g/mol. The second kappa shape index (κ2) is 10.4. The number of nitrogens with one attached hydrogen (secondary N) is 1. The molecule has 1 aromatic heterocycles. The molecular weight excluding hydrogens is 456 g/mol. The van der Waals surface area contributed by atoms with Crippen molar-refractivity contribution in [2.75, 3.05) is 25.5 Å². The highest BCUT2D eigenvalue weighted by Gasteiger charge is 2.27. The molecule has 0 saturated heterocycles. The highest BCUT2D eigenvalue weighted by atomic mass is 79.9. The fourth-order valence-corrected chi connectivity index (χ4v) is 4.14. The first-order valence-electron chi connectivity index (χ1n) is 9.07. The Labute approximate surface area is 182 Å². The SMILES string of the molecule is CCN(CC)C(=O)c1sc(NC(=O)C=Cc2ccc(Br)cc2)c(C(=O)OC)c1C. The summed E-state index contributed by atoms with van der Waals surface area (Å²) in [7, 11) is 1.27. The summed E-state index contributed by atoms with van der Waals surface area (Å²) in [5, 5.41) is 3.01. The molecule has 8 heteroatoms. The topological polar surface area (TPSA) is 75.7 Å². The number of carbonyl (C=O) groups is 3. The van der Waals surface area contributed by atoms with Crippen molar-refractivity contribution in [2.45, 2.75) is 20.8 Å². The first kappa shape index (κ1) is 22.8. The van der Waals surface area contributed by atoms with Crippen LogP contribution < -0.4 is 5.32 Å². The average Bonchev–Trinajstić information content (AvgIpc) is 3.03. The van der Waals surface area contributed by atoms with Crippen molar-refractivity contribution in [2.24, 2.45) is 0 Å². The van der Waals surface area contributed by atoms with E-state index in [-0.39, 0.29) is 11.5 Å². The van der Waals surface area contributed by atoms with E-state index in [2.05, 4.69) is 21.2 Å². The molecule has 0 bridgehead atoms. The molecule has 2 aromatic rings. The van der Waals surface area contributed by atoms with E-state index < -0.39 is 11.9 Å². The normalized spacial score (nSPS) is 10.8. The van der Waals surface area contributed by atoms with Crippen molar-refractivity contribution in [3.63, 3.8) is 0 Å². The zero-order chi connectivity index (χ0) is 21.6. The van der Waals surface area contributed by atoms with Crippen molar-refractivity contribution in [1.29, 1.82) is 0 Å². The number of halogens is 1. The summed E-state index contributed by atoms with van der Waals surface area (Å²) in [6.07, 6.45) is 3.05. The van der Waals surface area contributed by atoms with Gasteiger partial charge in [0.15, 0.2) is 0 Å². The van der Waals surface area contributed by atoms with Crippen LogP contribution in [0.1, 0.15) is 45.0 Å². The number of rotatable bonds is 7. The molecule has 29 heavy (non-hydrogen) atoms. The number of thiophene rings is 1. The number of benzene rings is 1. The first-order valence-corrected chi connectivity index (χ1v) is 10.7. The van der Waals surface area contributed by atoms with E-state index in [1.54, 1.807) is 17.9 Å². The number of esters is 1. The summed E-state index contributed by atoms with van der Waals surface area (Å²) in [4.78, 5) is 39.5. The van der Waals surface area contributed by atoms with Gasteiger partial charge in [0.2, 0.25) is 5.91 Å². The first-order chi connectivity index (χ1) is 13.8. The minimum Gasteiger partial charge on any atom is -0.465 e. The van der Waals surface area contributed by atoms with Gasteiger partial charge < -0.3 is 15.0 Å². The van der Waals surface area contributed by atoms with Crippen LogP contribution in [0.4, 0.5) is 5.00 Å². The van der Waals surface area contributed by atoms with Gasteiger partial charge in [-0.15, -0.1) is 11.3 Å². The molecule has 154 valence electrons. The molecule has 0 radical (unpaired) electrons. The molecule has 1 heterocycles. The number of amides is 2. The third-order valence-corrected chi connectivity index (χ3v) is 6.04. The van der Waals surface area contributed by atoms with Gasteiger partial charge >= 0.3 is 5.97 Å². The summed E-state index contributed by atoms with van der Waals surface area (Å²) in [5.41, 5.74) is 1.57. The Morgan fingerprint density at radius 1 is 1.17 bits per heavy atom. The molecular formula is C21H23BrN2O4S. The highest BCUT2D eigenvalue weighted by molar-refractivity contribution is 9.10. The highest BCUT2D eigenvalue weighted by Crippen LogP contribution is 2.34. The Morgan fingerprint density at radius 3 is 2.34 bits per heavy atom. The molecule has 0 atom stereocenters. The predicted octanol–water partition coefficient (Wildman–Crippen LogP) is 4.74. The van der Waals surface area contributed by atoms with Crippen LogP contribution in [0.25, 0.3) is 6.08 Å². The molecule has 0 aliphatic heterocycles. The number of anilines is 1. The predicted molar refractivity (Wildman–Crippen MR) is 119 cm³/mol. The van der Waals surface area contributed by atoms with Gasteiger partial charge in [-0.25, -0.2) is 4.79 Å². The van der Waals surface area contributed by atoms with Crippen LogP contribution in [0.2, 0.25) is 0 Å². The molecule has 0 unspecified atom stereocenters. The van der Waals surface area contributed by atoms with Gasteiger partial charge in [-0.2, -0.15) is 0 Å². The van der Waals surface area contributed by atoms with E-state index in [1.165, 1.54) is 13.2 Å². The van der Waals surface area contributed by atoms with Crippen molar-refractivity contribution in [1.82, 2.24) is 4.90 Å². The zero-order valence-electron chi connectivity index (χ0n) is 16.7. The van der Waals surface area contributed by atoms with Gasteiger partial charge in [0.25, 0.3) is 5.91 Å². The molecule has 0 saturated carbocycles. The number of nitrogens with zero attached hydrogens (tertiary/aromatic N) is 1. The van der Waals surface area contributed by atoms with E-state index in [0.29, 0.717) is 28.5 Å². The van der Waals surface area contributed by atoms with Gasteiger partial charge in [-0.3, -0.25) is 9.59 Å². The van der Waals surface area contributed by atoms with Crippen LogP contribution >= 0.6 is 27.3 Å². The molecule has 2 rings (SSSR count). The van der Waals surface area contributed by atoms with Gasteiger partial charge in [0.05, 0.1) is 17.6 Å². The van der Waals surface area contributed by atoms with Crippen molar-refractivity contribution >= 4 is 56.1 Å². The van der Waals surface area contributed by atoms with E-state index >= 15 is 0 Å². The lowest BCUT2D eigenvalue weighted by molar-refractivity contribution is -0.111. The van der Waals surface area contributed by atoms with E-state index in [1.807, 2.05) is 38.1 Å². The lowest BCUT2D eigenvalue weighted by Crippen LogP contribution is -2.30. The summed E-state index contributed by atoms with van der Waals surface area (Å²) < 4.78 is 5.80. The van der Waals surface area contributed by atoms with Crippen LogP contribution in [0.15, 0.2) is 34.8 Å². The van der Waals surface area contributed by atoms with E-state index in [9.17, 15) is 14.4 Å². The Bertz CT molecular complexity index is 931. The number of methoxy groups -OCH3 is 1. The second-order valence-electron chi connectivity index (χ2n) is 6.10. The Hall–Kier alpha value is -2.45. The van der Waals surface area contributed by atoms with Crippen molar-refractivity contribution in [3.8, 4) is 0 Å². The van der Waals surface area contributed by atoms with Crippen LogP contribution in [-0.4, -0.2) is 42.9 Å². The summed E-state index contributed by atoms with van der Waals surface area (Å²) in [6.45, 7) is 6.57. The maximum absolute atomic E-state index is 12.8. The lowest BCUT2D eigenvalue weighted by atomic mass is 10.1. The molecule has 0 aliphatic carbocycles. The molecule has 0 spiro atoms. The standard InChI is InChI=1S/C21H23BrN2O4S/c1-5-24(6-2)20(26)18-13(3)17(21(27)28-4)19(29-18)23-16(25)12-9-14-7-10-15(22)11-8-14/h7-12H,5-6H2,1-4H3,(H,23,25). The summed E-state index contributed by atoms with van der Waals surface area (Å²) >= 11 is 4.45. The van der Waals surface area contributed by atoms with Crippen LogP contribution in [0.3, 0.4) is 0 Å². The Morgan fingerprint density at radius 2 is 1.79 bits per heavy atom. The summed E-state index contributed by atoms with van der Waals surface area (Å²) in [6, 6.07) is 7.48. The minimum absolute atomic E-state index is 0.173. The van der Waals surface area contributed by atoms with Gasteiger partial charge in [-0.05, 0) is 50.1 Å².